The highest BCUT2D eigenvalue weighted by Gasteiger charge is 2.04. The zero-order chi connectivity index (χ0) is 10.7. The van der Waals surface area contributed by atoms with Crippen LogP contribution < -0.4 is 5.73 Å². The van der Waals surface area contributed by atoms with Crippen LogP contribution in [0.5, 0.6) is 0 Å². The van der Waals surface area contributed by atoms with Gasteiger partial charge in [-0.2, -0.15) is 0 Å². The number of pyridine rings is 2. The topological polar surface area (TPSA) is 68.9 Å². The fourth-order valence-electron chi connectivity index (χ4n) is 1.23. The second kappa shape index (κ2) is 3.88. The van der Waals surface area contributed by atoms with E-state index in [2.05, 4.69) is 9.97 Å². The Labute approximate surface area is 86.8 Å². The molecule has 0 fully saturated rings. The first-order valence-corrected chi connectivity index (χ1v) is 4.45. The lowest BCUT2D eigenvalue weighted by molar-refractivity contribution is 0.0995. The molecule has 74 valence electrons. The summed E-state index contributed by atoms with van der Waals surface area (Å²) >= 11 is 0. The van der Waals surface area contributed by atoms with Crippen LogP contribution >= 0.6 is 0 Å². The van der Waals surface area contributed by atoms with Crippen molar-refractivity contribution in [3.8, 4) is 11.4 Å². The molecule has 0 unspecified atom stereocenters. The van der Waals surface area contributed by atoms with Crippen LogP contribution in [0.25, 0.3) is 11.4 Å². The zero-order valence-electron chi connectivity index (χ0n) is 7.92. The molecule has 0 aliphatic carbocycles. The minimum atomic E-state index is -0.534. The SMILES string of the molecule is NC(=O)c1cccc(-c2ccccn2)n1. The van der Waals surface area contributed by atoms with E-state index in [0.717, 1.165) is 5.69 Å². The van der Waals surface area contributed by atoms with Gasteiger partial charge in [0.15, 0.2) is 0 Å². The summed E-state index contributed by atoms with van der Waals surface area (Å²) in [5.41, 5.74) is 6.76. The molecular formula is C11H9N3O. The van der Waals surface area contributed by atoms with Gasteiger partial charge in [-0.05, 0) is 24.3 Å². The smallest absolute Gasteiger partial charge is 0.267 e. The van der Waals surface area contributed by atoms with E-state index in [-0.39, 0.29) is 5.69 Å². The highest BCUT2D eigenvalue weighted by molar-refractivity contribution is 5.91. The van der Waals surface area contributed by atoms with E-state index in [9.17, 15) is 4.79 Å². The van der Waals surface area contributed by atoms with Crippen LogP contribution in [-0.4, -0.2) is 15.9 Å². The zero-order valence-corrected chi connectivity index (χ0v) is 7.92. The molecule has 2 aromatic rings. The normalized spacial score (nSPS) is 9.87. The summed E-state index contributed by atoms with van der Waals surface area (Å²) in [5.74, 6) is -0.534. The predicted molar refractivity (Wildman–Crippen MR) is 56.0 cm³/mol. The van der Waals surface area contributed by atoms with Gasteiger partial charge in [-0.1, -0.05) is 12.1 Å². The van der Waals surface area contributed by atoms with Gasteiger partial charge >= 0.3 is 0 Å². The first kappa shape index (κ1) is 9.33. The van der Waals surface area contributed by atoms with Crippen molar-refractivity contribution in [1.29, 1.82) is 0 Å². The number of hydrogen-bond acceptors (Lipinski definition) is 3. The van der Waals surface area contributed by atoms with Crippen LogP contribution in [0.4, 0.5) is 0 Å². The van der Waals surface area contributed by atoms with Crippen molar-refractivity contribution in [1.82, 2.24) is 9.97 Å². The molecule has 2 rings (SSSR count). The number of carbonyl (C=O) groups excluding carboxylic acids is 1. The Morgan fingerprint density at radius 2 is 1.87 bits per heavy atom. The van der Waals surface area contributed by atoms with Gasteiger partial charge in [0, 0.05) is 6.20 Å². The van der Waals surface area contributed by atoms with E-state index < -0.39 is 5.91 Å². The molecule has 0 radical (unpaired) electrons. The van der Waals surface area contributed by atoms with E-state index >= 15 is 0 Å². The largest absolute Gasteiger partial charge is 0.364 e. The fraction of sp³-hybridized carbons (Fsp3) is 0. The summed E-state index contributed by atoms with van der Waals surface area (Å²) in [6.45, 7) is 0. The van der Waals surface area contributed by atoms with Gasteiger partial charge in [0.2, 0.25) is 0 Å². The van der Waals surface area contributed by atoms with Crippen molar-refractivity contribution < 1.29 is 4.79 Å². The summed E-state index contributed by atoms with van der Waals surface area (Å²) in [4.78, 5) is 19.2. The first-order chi connectivity index (χ1) is 7.27. The maximum absolute atomic E-state index is 10.9. The number of carbonyl (C=O) groups is 1. The molecule has 15 heavy (non-hydrogen) atoms. The minimum absolute atomic E-state index is 0.248. The van der Waals surface area contributed by atoms with Crippen LogP contribution in [0.15, 0.2) is 42.6 Å². The van der Waals surface area contributed by atoms with Crippen molar-refractivity contribution in [2.75, 3.05) is 0 Å². The Kier molecular flexibility index (Phi) is 2.41. The van der Waals surface area contributed by atoms with Gasteiger partial charge in [0.25, 0.3) is 5.91 Å². The monoisotopic (exact) mass is 199 g/mol. The van der Waals surface area contributed by atoms with Crippen molar-refractivity contribution in [3.63, 3.8) is 0 Å². The Morgan fingerprint density at radius 1 is 1.07 bits per heavy atom. The molecule has 0 saturated heterocycles. The molecule has 4 nitrogen and oxygen atoms in total. The highest BCUT2D eigenvalue weighted by Crippen LogP contribution is 2.13. The fourth-order valence-corrected chi connectivity index (χ4v) is 1.23. The quantitative estimate of drug-likeness (QED) is 0.791. The van der Waals surface area contributed by atoms with Crippen molar-refractivity contribution in [3.05, 3.63) is 48.3 Å². The maximum atomic E-state index is 10.9. The molecule has 2 N–H and O–H groups in total. The maximum Gasteiger partial charge on any atom is 0.267 e. The number of nitrogens with two attached hydrogens (primary N) is 1. The molecular weight excluding hydrogens is 190 g/mol. The Bertz CT molecular complexity index is 482. The van der Waals surface area contributed by atoms with Crippen LogP contribution in [0.1, 0.15) is 10.5 Å². The molecule has 0 saturated carbocycles. The van der Waals surface area contributed by atoms with Crippen LogP contribution in [0.3, 0.4) is 0 Å². The molecule has 0 atom stereocenters. The lowest BCUT2D eigenvalue weighted by atomic mass is 10.2. The molecule has 0 aromatic carbocycles. The van der Waals surface area contributed by atoms with E-state index in [0.29, 0.717) is 5.69 Å². The average molecular weight is 199 g/mol. The van der Waals surface area contributed by atoms with Gasteiger partial charge in [-0.3, -0.25) is 9.78 Å². The molecule has 4 heteroatoms. The third-order valence-electron chi connectivity index (χ3n) is 1.93. The van der Waals surface area contributed by atoms with Gasteiger partial charge in [-0.15, -0.1) is 0 Å². The molecule has 0 aliphatic heterocycles. The lowest BCUT2D eigenvalue weighted by Gasteiger charge is -2.00. The van der Waals surface area contributed by atoms with Crippen molar-refractivity contribution in [2.45, 2.75) is 0 Å². The van der Waals surface area contributed by atoms with E-state index in [1.807, 2.05) is 18.2 Å². The van der Waals surface area contributed by atoms with Gasteiger partial charge in [-0.25, -0.2) is 4.98 Å². The molecule has 0 aliphatic rings. The van der Waals surface area contributed by atoms with Crippen molar-refractivity contribution in [2.24, 2.45) is 5.73 Å². The highest BCUT2D eigenvalue weighted by atomic mass is 16.1. The van der Waals surface area contributed by atoms with Crippen molar-refractivity contribution >= 4 is 5.91 Å². The van der Waals surface area contributed by atoms with Crippen LogP contribution in [0.2, 0.25) is 0 Å². The summed E-state index contributed by atoms with van der Waals surface area (Å²) in [6, 6.07) is 10.6. The third-order valence-corrected chi connectivity index (χ3v) is 1.93. The van der Waals surface area contributed by atoms with E-state index in [1.54, 1.807) is 24.4 Å². The number of primary amides is 1. The van der Waals surface area contributed by atoms with E-state index in [4.69, 9.17) is 5.73 Å². The predicted octanol–water partition coefficient (Wildman–Crippen LogP) is 1.24. The first-order valence-electron chi connectivity index (χ1n) is 4.45. The second-order valence-corrected chi connectivity index (χ2v) is 2.99. The molecule has 2 heterocycles. The third kappa shape index (κ3) is 1.99. The Hall–Kier alpha value is -2.23. The molecule has 0 bridgehead atoms. The van der Waals surface area contributed by atoms with Crippen LogP contribution in [-0.2, 0) is 0 Å². The standard InChI is InChI=1S/C11H9N3O/c12-11(15)10-6-3-5-9(14-10)8-4-1-2-7-13-8/h1-7H,(H2,12,15). The Morgan fingerprint density at radius 3 is 2.53 bits per heavy atom. The summed E-state index contributed by atoms with van der Waals surface area (Å²) in [7, 11) is 0. The Balaban J connectivity index is 2.46. The van der Waals surface area contributed by atoms with Gasteiger partial charge in [0.1, 0.15) is 5.69 Å². The summed E-state index contributed by atoms with van der Waals surface area (Å²) < 4.78 is 0. The second-order valence-electron chi connectivity index (χ2n) is 2.99. The summed E-state index contributed by atoms with van der Waals surface area (Å²) in [5, 5.41) is 0. The number of rotatable bonds is 2. The number of aromatic nitrogens is 2. The molecule has 0 spiro atoms. The number of nitrogens with zero attached hydrogens (tertiary/aromatic N) is 2. The van der Waals surface area contributed by atoms with E-state index in [1.165, 1.54) is 0 Å². The number of amides is 1. The molecule has 1 amide bonds. The minimum Gasteiger partial charge on any atom is -0.364 e. The number of hydrogen-bond donors (Lipinski definition) is 1. The molecule has 2 aromatic heterocycles. The average Bonchev–Trinajstić information content (AvgIpc) is 2.30. The summed E-state index contributed by atoms with van der Waals surface area (Å²) in [6.07, 6.45) is 1.67. The van der Waals surface area contributed by atoms with Gasteiger partial charge in [0.05, 0.1) is 11.4 Å². The lowest BCUT2D eigenvalue weighted by Crippen LogP contribution is -2.13. The van der Waals surface area contributed by atoms with Gasteiger partial charge < -0.3 is 5.73 Å². The van der Waals surface area contributed by atoms with Crippen LogP contribution in [0, 0.1) is 0 Å².